The number of nitrogens with zero attached hydrogens (tertiary/aromatic N) is 1. The Morgan fingerprint density at radius 3 is 2.89 bits per heavy atom. The molecule has 5 nitrogen and oxygen atoms in total. The number of alkyl halides is 2. The number of benzene rings is 1. The summed E-state index contributed by atoms with van der Waals surface area (Å²) < 4.78 is 40.4. The zero-order valence-corrected chi connectivity index (χ0v) is 16.0. The molecule has 2 aliphatic heterocycles. The van der Waals surface area contributed by atoms with Crippen LogP contribution in [-0.4, -0.2) is 18.9 Å². The Morgan fingerprint density at radius 2 is 2.11 bits per heavy atom. The van der Waals surface area contributed by atoms with Crippen molar-refractivity contribution >= 4 is 23.4 Å². The highest BCUT2D eigenvalue weighted by molar-refractivity contribution is 8.07. The van der Waals surface area contributed by atoms with E-state index in [0.717, 1.165) is 16.4 Å². The molecule has 0 radical (unpaired) electrons. The molecule has 0 fully saturated rings. The molecule has 0 spiro atoms. The van der Waals surface area contributed by atoms with E-state index in [9.17, 15) is 13.6 Å². The number of carbonyl (C=O) groups is 1. The third kappa shape index (κ3) is 4.94. The summed E-state index contributed by atoms with van der Waals surface area (Å²) in [4.78, 5) is 14.5. The maximum Gasteiger partial charge on any atom is 0.586 e. The SMILES string of the molecule is CCCOC(=O)CCC/C=C1\SC(C)=CN1c1ccc2c(c1)OC(F)(F)O2. The molecule has 146 valence electrons. The molecular formula is C19H21F2NO4S. The lowest BCUT2D eigenvalue weighted by Gasteiger charge is -2.18. The van der Waals surface area contributed by atoms with Gasteiger partial charge in [-0.05, 0) is 38.3 Å². The first kappa shape index (κ1) is 19.5. The smallest absolute Gasteiger partial charge is 0.466 e. The van der Waals surface area contributed by atoms with Crippen molar-refractivity contribution in [3.05, 3.63) is 40.4 Å². The van der Waals surface area contributed by atoms with Crippen molar-refractivity contribution in [2.45, 2.75) is 45.8 Å². The van der Waals surface area contributed by atoms with E-state index in [0.29, 0.717) is 31.6 Å². The van der Waals surface area contributed by atoms with Crippen LogP contribution in [0.3, 0.4) is 0 Å². The van der Waals surface area contributed by atoms with Gasteiger partial charge in [-0.25, -0.2) is 0 Å². The Morgan fingerprint density at radius 1 is 1.33 bits per heavy atom. The third-order valence-electron chi connectivity index (χ3n) is 3.85. The van der Waals surface area contributed by atoms with E-state index in [1.165, 1.54) is 12.1 Å². The monoisotopic (exact) mass is 397 g/mol. The number of fused-ring (bicyclic) bond motifs is 1. The highest BCUT2D eigenvalue weighted by Crippen LogP contribution is 2.46. The van der Waals surface area contributed by atoms with Crippen LogP contribution in [0.2, 0.25) is 0 Å². The van der Waals surface area contributed by atoms with E-state index >= 15 is 0 Å². The molecule has 0 saturated carbocycles. The standard InChI is InChI=1S/C19H21F2NO4S/c1-3-10-24-18(23)7-5-4-6-17-22(12-13(2)27-17)14-8-9-15-16(11-14)26-19(20,21)25-15/h6,8-9,11-12H,3-5,7,10H2,1-2H3/b17-6-. The van der Waals surface area contributed by atoms with Crippen molar-refractivity contribution in [1.29, 1.82) is 0 Å². The largest absolute Gasteiger partial charge is 0.586 e. The molecule has 1 aromatic rings. The van der Waals surface area contributed by atoms with Gasteiger partial charge in [0.25, 0.3) is 0 Å². The van der Waals surface area contributed by atoms with Crippen LogP contribution in [0.4, 0.5) is 14.5 Å². The zero-order valence-electron chi connectivity index (χ0n) is 15.2. The zero-order chi connectivity index (χ0) is 19.4. The van der Waals surface area contributed by atoms with Gasteiger partial charge < -0.3 is 19.1 Å². The lowest BCUT2D eigenvalue weighted by Crippen LogP contribution is -2.25. The Bertz CT molecular complexity index is 779. The van der Waals surface area contributed by atoms with Crippen LogP contribution in [0.25, 0.3) is 0 Å². The second kappa shape index (κ2) is 8.21. The fourth-order valence-corrected chi connectivity index (χ4v) is 3.62. The van der Waals surface area contributed by atoms with Crippen LogP contribution in [0, 0.1) is 0 Å². The summed E-state index contributed by atoms with van der Waals surface area (Å²) in [5.41, 5.74) is 0.702. The van der Waals surface area contributed by atoms with E-state index in [2.05, 4.69) is 9.47 Å². The molecule has 0 amide bonds. The number of halogens is 2. The fourth-order valence-electron chi connectivity index (χ4n) is 2.68. The van der Waals surface area contributed by atoms with Crippen molar-refractivity contribution in [3.8, 4) is 11.5 Å². The summed E-state index contributed by atoms with van der Waals surface area (Å²) in [6, 6.07) is 4.70. The number of thioether (sulfide) groups is 1. The molecule has 0 aliphatic carbocycles. The third-order valence-corrected chi connectivity index (χ3v) is 4.85. The lowest BCUT2D eigenvalue weighted by atomic mass is 10.2. The molecular weight excluding hydrogens is 376 g/mol. The number of hydrogen-bond acceptors (Lipinski definition) is 6. The van der Waals surface area contributed by atoms with Crippen LogP contribution in [0.5, 0.6) is 11.5 Å². The number of ether oxygens (including phenoxy) is 3. The Hall–Kier alpha value is -2.22. The summed E-state index contributed by atoms with van der Waals surface area (Å²) >= 11 is 1.59. The normalized spacial score (nSPS) is 18.7. The van der Waals surface area contributed by atoms with E-state index in [-0.39, 0.29) is 17.5 Å². The fraction of sp³-hybridized carbons (Fsp3) is 0.421. The van der Waals surface area contributed by atoms with Crippen LogP contribution in [0.1, 0.15) is 39.5 Å². The minimum Gasteiger partial charge on any atom is -0.466 e. The van der Waals surface area contributed by atoms with Crippen molar-refractivity contribution in [3.63, 3.8) is 0 Å². The highest BCUT2D eigenvalue weighted by atomic mass is 32.2. The van der Waals surface area contributed by atoms with Crippen molar-refractivity contribution < 1.29 is 27.8 Å². The molecule has 0 saturated heterocycles. The van der Waals surface area contributed by atoms with Gasteiger partial charge in [-0.2, -0.15) is 0 Å². The second-order valence-electron chi connectivity index (χ2n) is 6.17. The maximum absolute atomic E-state index is 13.2. The van der Waals surface area contributed by atoms with Gasteiger partial charge in [0, 0.05) is 23.6 Å². The summed E-state index contributed by atoms with van der Waals surface area (Å²) in [6.45, 7) is 4.38. The number of rotatable bonds is 7. The van der Waals surface area contributed by atoms with Gasteiger partial charge in [0.1, 0.15) is 0 Å². The molecule has 0 atom stereocenters. The average molecular weight is 397 g/mol. The summed E-state index contributed by atoms with van der Waals surface area (Å²) in [5.74, 6) is -0.150. The maximum atomic E-state index is 13.2. The average Bonchev–Trinajstić information content (AvgIpc) is 3.13. The number of esters is 1. The number of allylic oxidation sites excluding steroid dienone is 2. The van der Waals surface area contributed by atoms with Crippen molar-refractivity contribution in [2.24, 2.45) is 0 Å². The topological polar surface area (TPSA) is 48.0 Å². The molecule has 2 heterocycles. The summed E-state index contributed by atoms with van der Waals surface area (Å²) in [5, 5.41) is 0.958. The van der Waals surface area contributed by atoms with Gasteiger partial charge in [0.15, 0.2) is 11.5 Å². The van der Waals surface area contributed by atoms with Crippen LogP contribution in [0.15, 0.2) is 40.4 Å². The Kier molecular flexibility index (Phi) is 5.94. The van der Waals surface area contributed by atoms with Gasteiger partial charge in [0.05, 0.1) is 17.3 Å². The minimum atomic E-state index is -3.63. The Balaban J connectivity index is 1.64. The summed E-state index contributed by atoms with van der Waals surface area (Å²) in [6.07, 6.45) is 2.92. The van der Waals surface area contributed by atoms with Gasteiger partial charge >= 0.3 is 12.3 Å². The van der Waals surface area contributed by atoms with E-state index in [1.807, 2.05) is 31.0 Å². The molecule has 0 unspecified atom stereocenters. The predicted molar refractivity (Wildman–Crippen MR) is 99.7 cm³/mol. The van der Waals surface area contributed by atoms with Crippen molar-refractivity contribution in [2.75, 3.05) is 11.5 Å². The summed E-state index contributed by atoms with van der Waals surface area (Å²) in [7, 11) is 0. The van der Waals surface area contributed by atoms with E-state index in [4.69, 9.17) is 4.74 Å². The Labute approximate surface area is 161 Å². The second-order valence-corrected chi connectivity index (χ2v) is 7.43. The molecule has 27 heavy (non-hydrogen) atoms. The molecule has 2 aliphatic rings. The number of unbranched alkanes of at least 4 members (excludes halogenated alkanes) is 1. The van der Waals surface area contributed by atoms with Crippen LogP contribution >= 0.6 is 11.8 Å². The van der Waals surface area contributed by atoms with Gasteiger partial charge in [-0.3, -0.25) is 4.79 Å². The molecule has 0 N–H and O–H groups in total. The number of carbonyl (C=O) groups excluding carboxylic acids is 1. The minimum absolute atomic E-state index is 0.0125. The van der Waals surface area contributed by atoms with Crippen molar-refractivity contribution in [1.82, 2.24) is 0 Å². The van der Waals surface area contributed by atoms with Gasteiger partial charge in [-0.15, -0.1) is 8.78 Å². The van der Waals surface area contributed by atoms with E-state index in [1.54, 1.807) is 17.8 Å². The lowest BCUT2D eigenvalue weighted by molar-refractivity contribution is -0.286. The van der Waals surface area contributed by atoms with Gasteiger partial charge in [0.2, 0.25) is 0 Å². The van der Waals surface area contributed by atoms with Crippen LogP contribution < -0.4 is 14.4 Å². The molecule has 3 rings (SSSR count). The van der Waals surface area contributed by atoms with E-state index < -0.39 is 6.29 Å². The molecule has 0 aromatic heterocycles. The number of anilines is 1. The first-order chi connectivity index (χ1) is 12.9. The predicted octanol–water partition coefficient (Wildman–Crippen LogP) is 5.39. The highest BCUT2D eigenvalue weighted by Gasteiger charge is 2.43. The van der Waals surface area contributed by atoms with Gasteiger partial charge in [-0.1, -0.05) is 24.8 Å². The van der Waals surface area contributed by atoms with Crippen LogP contribution in [-0.2, 0) is 9.53 Å². The first-order valence-corrected chi connectivity index (χ1v) is 9.61. The molecule has 0 bridgehead atoms. The molecule has 8 heteroatoms. The number of hydrogen-bond donors (Lipinski definition) is 0. The molecule has 1 aromatic carbocycles. The quantitative estimate of drug-likeness (QED) is 0.454. The first-order valence-electron chi connectivity index (χ1n) is 8.79.